The minimum atomic E-state index is -1.08. The van der Waals surface area contributed by atoms with Crippen molar-refractivity contribution < 1.29 is 14.6 Å². The minimum absolute atomic E-state index is 0.0583. The van der Waals surface area contributed by atoms with Crippen molar-refractivity contribution in [2.45, 2.75) is 32.8 Å². The number of rotatable bonds is 7. The van der Waals surface area contributed by atoms with Crippen LogP contribution in [0.2, 0.25) is 0 Å². The van der Waals surface area contributed by atoms with E-state index in [4.69, 9.17) is 9.84 Å². The third-order valence-electron chi connectivity index (χ3n) is 3.21. The van der Waals surface area contributed by atoms with Gasteiger partial charge in [-0.1, -0.05) is 37.6 Å². The van der Waals surface area contributed by atoms with E-state index >= 15 is 0 Å². The maximum atomic E-state index is 11.0. The second-order valence-electron chi connectivity index (χ2n) is 4.86. The van der Waals surface area contributed by atoms with Gasteiger partial charge in [0.2, 0.25) is 0 Å². The molecule has 1 aromatic carbocycles. The van der Waals surface area contributed by atoms with Gasteiger partial charge in [-0.05, 0) is 36.1 Å². The molecule has 0 bridgehead atoms. The monoisotopic (exact) mass is 285 g/mol. The van der Waals surface area contributed by atoms with Crippen LogP contribution in [-0.2, 0) is 13.0 Å². The summed E-state index contributed by atoms with van der Waals surface area (Å²) in [5.41, 5.74) is 2.26. The minimum Gasteiger partial charge on any atom is -0.486 e. The zero-order valence-corrected chi connectivity index (χ0v) is 12.1. The molecule has 0 unspecified atom stereocenters. The number of unbranched alkanes of at least 4 members (excludes halogenated alkanes) is 1. The molecule has 21 heavy (non-hydrogen) atoms. The molecule has 0 radical (unpaired) electrons. The molecule has 0 saturated heterocycles. The molecule has 0 spiro atoms. The quantitative estimate of drug-likeness (QED) is 0.842. The van der Waals surface area contributed by atoms with Gasteiger partial charge in [-0.25, -0.2) is 9.78 Å². The molecule has 0 atom stereocenters. The van der Waals surface area contributed by atoms with Crippen LogP contribution in [0, 0.1) is 0 Å². The summed E-state index contributed by atoms with van der Waals surface area (Å²) >= 11 is 0. The third-order valence-corrected chi connectivity index (χ3v) is 3.21. The van der Waals surface area contributed by atoms with Crippen molar-refractivity contribution in [2.24, 2.45) is 0 Å². The number of aromatic carboxylic acids is 1. The van der Waals surface area contributed by atoms with Crippen LogP contribution < -0.4 is 4.74 Å². The molecule has 0 aliphatic heterocycles. The molecule has 0 amide bonds. The Labute approximate surface area is 124 Å². The summed E-state index contributed by atoms with van der Waals surface area (Å²) in [4.78, 5) is 14.8. The van der Waals surface area contributed by atoms with Crippen molar-refractivity contribution in [3.63, 3.8) is 0 Å². The Kier molecular flexibility index (Phi) is 5.32. The number of aryl methyl sites for hydroxylation is 1. The van der Waals surface area contributed by atoms with Gasteiger partial charge in [0.05, 0.1) is 0 Å². The molecular weight excluding hydrogens is 266 g/mol. The zero-order chi connectivity index (χ0) is 15.1. The number of carboxylic acid groups (broad SMARTS) is 1. The van der Waals surface area contributed by atoms with E-state index in [-0.39, 0.29) is 5.69 Å². The number of pyridine rings is 1. The van der Waals surface area contributed by atoms with Gasteiger partial charge in [-0.2, -0.15) is 0 Å². The van der Waals surface area contributed by atoms with E-state index in [9.17, 15) is 4.79 Å². The number of benzene rings is 1. The number of aromatic nitrogens is 1. The first kappa shape index (κ1) is 15.0. The predicted octanol–water partition coefficient (Wildman–Crippen LogP) is 3.70. The van der Waals surface area contributed by atoms with Crippen molar-refractivity contribution in [3.05, 3.63) is 59.4 Å². The summed E-state index contributed by atoms with van der Waals surface area (Å²) in [6.07, 6.45) is 4.90. The molecule has 0 fully saturated rings. The SMILES string of the molecule is CCCCc1ccc(COc2cccnc2C(=O)O)cc1. The summed E-state index contributed by atoms with van der Waals surface area (Å²) in [6.45, 7) is 2.51. The molecule has 2 aromatic rings. The molecule has 1 N–H and O–H groups in total. The van der Waals surface area contributed by atoms with Gasteiger partial charge in [0, 0.05) is 6.20 Å². The Bertz CT molecular complexity index is 593. The molecule has 0 aliphatic carbocycles. The van der Waals surface area contributed by atoms with E-state index in [1.54, 1.807) is 12.1 Å². The van der Waals surface area contributed by atoms with E-state index in [0.717, 1.165) is 12.0 Å². The lowest BCUT2D eigenvalue weighted by atomic mass is 10.1. The van der Waals surface area contributed by atoms with Gasteiger partial charge in [0.1, 0.15) is 6.61 Å². The number of carboxylic acids is 1. The maximum Gasteiger partial charge on any atom is 0.358 e. The van der Waals surface area contributed by atoms with Crippen molar-refractivity contribution in [1.82, 2.24) is 4.98 Å². The molecule has 4 heteroatoms. The van der Waals surface area contributed by atoms with Gasteiger partial charge >= 0.3 is 5.97 Å². The largest absolute Gasteiger partial charge is 0.486 e. The van der Waals surface area contributed by atoms with E-state index in [1.807, 2.05) is 12.1 Å². The van der Waals surface area contributed by atoms with Crippen LogP contribution in [0.25, 0.3) is 0 Å². The lowest BCUT2D eigenvalue weighted by Gasteiger charge is -2.09. The molecule has 0 saturated carbocycles. The van der Waals surface area contributed by atoms with Crippen LogP contribution in [0.1, 0.15) is 41.4 Å². The lowest BCUT2D eigenvalue weighted by molar-refractivity contribution is 0.0685. The van der Waals surface area contributed by atoms with Gasteiger partial charge < -0.3 is 9.84 Å². The number of hydrogen-bond donors (Lipinski definition) is 1. The van der Waals surface area contributed by atoms with Crippen molar-refractivity contribution in [2.75, 3.05) is 0 Å². The van der Waals surface area contributed by atoms with Crippen LogP contribution >= 0.6 is 0 Å². The highest BCUT2D eigenvalue weighted by Crippen LogP contribution is 2.17. The molecule has 0 aliphatic rings. The van der Waals surface area contributed by atoms with Gasteiger partial charge in [-0.15, -0.1) is 0 Å². The second-order valence-corrected chi connectivity index (χ2v) is 4.86. The Morgan fingerprint density at radius 3 is 2.57 bits per heavy atom. The molecule has 4 nitrogen and oxygen atoms in total. The van der Waals surface area contributed by atoms with Gasteiger partial charge in [0.15, 0.2) is 11.4 Å². The molecular formula is C17H19NO3. The highest BCUT2D eigenvalue weighted by Gasteiger charge is 2.12. The fraction of sp³-hybridized carbons (Fsp3) is 0.294. The number of carbonyl (C=O) groups is 1. The lowest BCUT2D eigenvalue weighted by Crippen LogP contribution is -2.05. The zero-order valence-electron chi connectivity index (χ0n) is 12.1. The van der Waals surface area contributed by atoms with E-state index < -0.39 is 5.97 Å². The maximum absolute atomic E-state index is 11.0. The normalized spacial score (nSPS) is 10.3. The summed E-state index contributed by atoms with van der Waals surface area (Å²) in [7, 11) is 0. The van der Waals surface area contributed by atoms with Crippen LogP contribution in [-0.4, -0.2) is 16.1 Å². The van der Waals surface area contributed by atoms with Crippen LogP contribution in [0.3, 0.4) is 0 Å². The summed E-state index contributed by atoms with van der Waals surface area (Å²) in [5, 5.41) is 9.04. The van der Waals surface area contributed by atoms with E-state index in [0.29, 0.717) is 12.4 Å². The fourth-order valence-electron chi connectivity index (χ4n) is 2.01. The topological polar surface area (TPSA) is 59.4 Å². The van der Waals surface area contributed by atoms with Crippen molar-refractivity contribution in [3.8, 4) is 5.75 Å². The van der Waals surface area contributed by atoms with Gasteiger partial charge in [0.25, 0.3) is 0 Å². The van der Waals surface area contributed by atoms with E-state index in [2.05, 4.69) is 24.0 Å². The number of ether oxygens (including phenoxy) is 1. The van der Waals surface area contributed by atoms with Crippen LogP contribution in [0.15, 0.2) is 42.6 Å². The third kappa shape index (κ3) is 4.31. The smallest absolute Gasteiger partial charge is 0.358 e. The highest BCUT2D eigenvalue weighted by atomic mass is 16.5. The number of nitrogens with zero attached hydrogens (tertiary/aromatic N) is 1. The molecule has 1 heterocycles. The molecule has 1 aromatic heterocycles. The average Bonchev–Trinajstić information content (AvgIpc) is 2.52. The summed E-state index contributed by atoms with van der Waals surface area (Å²) in [6, 6.07) is 11.5. The Hall–Kier alpha value is -2.36. The Morgan fingerprint density at radius 2 is 1.90 bits per heavy atom. The van der Waals surface area contributed by atoms with Crippen LogP contribution in [0.4, 0.5) is 0 Å². The van der Waals surface area contributed by atoms with E-state index in [1.165, 1.54) is 24.6 Å². The molecule has 110 valence electrons. The average molecular weight is 285 g/mol. The predicted molar refractivity (Wildman–Crippen MR) is 80.6 cm³/mol. The Balaban J connectivity index is 1.98. The summed E-state index contributed by atoms with van der Waals surface area (Å²) < 4.78 is 5.56. The first-order chi connectivity index (χ1) is 10.2. The Morgan fingerprint density at radius 1 is 1.19 bits per heavy atom. The van der Waals surface area contributed by atoms with Gasteiger partial charge in [-0.3, -0.25) is 0 Å². The second kappa shape index (κ2) is 7.43. The van der Waals surface area contributed by atoms with Crippen molar-refractivity contribution in [1.29, 1.82) is 0 Å². The first-order valence-corrected chi connectivity index (χ1v) is 7.09. The first-order valence-electron chi connectivity index (χ1n) is 7.09. The standard InChI is InChI=1S/C17H19NO3/c1-2-3-5-13-7-9-14(10-8-13)12-21-15-6-4-11-18-16(15)17(19)20/h4,6-11H,2-3,5,12H2,1H3,(H,19,20). The number of hydrogen-bond acceptors (Lipinski definition) is 3. The fourth-order valence-corrected chi connectivity index (χ4v) is 2.01. The molecule has 2 rings (SSSR count). The van der Waals surface area contributed by atoms with Crippen LogP contribution in [0.5, 0.6) is 5.75 Å². The van der Waals surface area contributed by atoms with Crippen molar-refractivity contribution >= 4 is 5.97 Å². The summed E-state index contributed by atoms with van der Waals surface area (Å²) in [5.74, 6) is -0.791. The highest BCUT2D eigenvalue weighted by molar-refractivity contribution is 5.88.